The van der Waals surface area contributed by atoms with Crippen molar-refractivity contribution in [1.29, 1.82) is 0 Å². The summed E-state index contributed by atoms with van der Waals surface area (Å²) >= 11 is 0. The van der Waals surface area contributed by atoms with Gasteiger partial charge >= 0.3 is 0 Å². The predicted octanol–water partition coefficient (Wildman–Crippen LogP) is 2.67. The van der Waals surface area contributed by atoms with Crippen LogP contribution in [-0.4, -0.2) is 7.11 Å². The van der Waals surface area contributed by atoms with Gasteiger partial charge in [-0.2, -0.15) is 0 Å². The van der Waals surface area contributed by atoms with Crippen LogP contribution in [-0.2, 0) is 4.74 Å². The third kappa shape index (κ3) is 5.16. The van der Waals surface area contributed by atoms with Gasteiger partial charge in [0.1, 0.15) is 0 Å². The van der Waals surface area contributed by atoms with Crippen LogP contribution in [0.2, 0.25) is 0 Å². The molecule has 0 aliphatic rings. The van der Waals surface area contributed by atoms with Gasteiger partial charge in [0.2, 0.25) is 0 Å². The van der Waals surface area contributed by atoms with Crippen molar-refractivity contribution in [2.45, 2.75) is 13.8 Å². The molecule has 0 spiro atoms. The van der Waals surface area contributed by atoms with Gasteiger partial charge in [-0.05, 0) is 19.9 Å². The molecule has 0 saturated heterocycles. The van der Waals surface area contributed by atoms with Crippen LogP contribution in [0.4, 0.5) is 0 Å². The van der Waals surface area contributed by atoms with Crippen molar-refractivity contribution >= 4 is 0 Å². The van der Waals surface area contributed by atoms with E-state index in [1.54, 1.807) is 13.4 Å². The minimum atomic E-state index is 1.22. The van der Waals surface area contributed by atoms with E-state index < -0.39 is 0 Å². The lowest BCUT2D eigenvalue weighted by Crippen LogP contribution is -1.66. The summed E-state index contributed by atoms with van der Waals surface area (Å²) < 4.78 is 4.72. The van der Waals surface area contributed by atoms with E-state index in [-0.39, 0.29) is 0 Å². The largest absolute Gasteiger partial charge is 0.504 e. The van der Waals surface area contributed by atoms with E-state index in [4.69, 9.17) is 4.74 Å². The molecule has 0 rings (SSSR count). The van der Waals surface area contributed by atoms with E-state index in [1.165, 1.54) is 5.57 Å². The average Bonchev–Trinajstić information content (AvgIpc) is 1.89. The first-order chi connectivity index (χ1) is 4.81. The molecule has 0 radical (unpaired) electrons. The Morgan fingerprint density at radius 2 is 2.10 bits per heavy atom. The van der Waals surface area contributed by atoms with Crippen LogP contribution in [0.15, 0.2) is 36.1 Å². The molecule has 0 aromatic heterocycles. The van der Waals surface area contributed by atoms with Crippen LogP contribution in [0.1, 0.15) is 13.8 Å². The smallest absolute Gasteiger partial charge is 0.0824 e. The van der Waals surface area contributed by atoms with Crippen LogP contribution in [0, 0.1) is 0 Å². The summed E-state index contributed by atoms with van der Waals surface area (Å²) in [5, 5.41) is 0. The van der Waals surface area contributed by atoms with Crippen LogP contribution >= 0.6 is 0 Å². The Bertz CT molecular complexity index is 152. The summed E-state index contributed by atoms with van der Waals surface area (Å²) in [6.07, 6.45) is 9.55. The number of methoxy groups -OCH3 is 1. The monoisotopic (exact) mass is 138 g/mol. The number of allylic oxidation sites excluding steroid dienone is 5. The maximum absolute atomic E-state index is 4.72. The van der Waals surface area contributed by atoms with Gasteiger partial charge in [-0.1, -0.05) is 23.8 Å². The van der Waals surface area contributed by atoms with Crippen LogP contribution < -0.4 is 0 Å². The molecule has 0 saturated carbocycles. The maximum atomic E-state index is 4.72. The van der Waals surface area contributed by atoms with E-state index in [2.05, 4.69) is 0 Å². The highest BCUT2D eigenvalue weighted by atomic mass is 16.5. The standard InChI is InChI=1S/C9H14O/c1-4-6-9(2)7-5-8-10-3/h4-8H,1-3H3/b6-4-,8-5+,9-7-. The molecule has 0 bridgehead atoms. The fraction of sp³-hybridized carbons (Fsp3) is 0.333. The summed E-state index contributed by atoms with van der Waals surface area (Å²) in [6.45, 7) is 4.04. The average molecular weight is 138 g/mol. The van der Waals surface area contributed by atoms with E-state index in [9.17, 15) is 0 Å². The van der Waals surface area contributed by atoms with Crippen molar-refractivity contribution in [3.05, 3.63) is 36.1 Å². The molecule has 0 fully saturated rings. The zero-order valence-corrected chi connectivity index (χ0v) is 6.79. The van der Waals surface area contributed by atoms with Crippen LogP contribution in [0.5, 0.6) is 0 Å². The fourth-order valence-corrected chi connectivity index (χ4v) is 0.588. The fourth-order valence-electron chi connectivity index (χ4n) is 0.588. The molecule has 0 aromatic rings. The molecule has 0 heterocycles. The van der Waals surface area contributed by atoms with E-state index in [0.29, 0.717) is 0 Å². The Hall–Kier alpha value is -0.980. The highest BCUT2D eigenvalue weighted by Crippen LogP contribution is 1.94. The number of hydrogen-bond acceptors (Lipinski definition) is 1. The molecular weight excluding hydrogens is 124 g/mol. The van der Waals surface area contributed by atoms with Crippen molar-refractivity contribution in [3.63, 3.8) is 0 Å². The molecule has 10 heavy (non-hydrogen) atoms. The Labute approximate surface area is 62.7 Å². The molecule has 56 valence electrons. The van der Waals surface area contributed by atoms with Gasteiger partial charge in [0.05, 0.1) is 13.4 Å². The minimum Gasteiger partial charge on any atom is -0.504 e. The van der Waals surface area contributed by atoms with E-state index in [1.807, 2.05) is 38.2 Å². The topological polar surface area (TPSA) is 9.23 Å². The number of rotatable bonds is 3. The Morgan fingerprint density at radius 1 is 1.40 bits per heavy atom. The van der Waals surface area contributed by atoms with E-state index >= 15 is 0 Å². The summed E-state index contributed by atoms with van der Waals surface area (Å²) in [7, 11) is 1.63. The lowest BCUT2D eigenvalue weighted by molar-refractivity contribution is 0.338. The van der Waals surface area contributed by atoms with Gasteiger partial charge in [-0.3, -0.25) is 0 Å². The molecule has 0 atom stereocenters. The molecule has 0 unspecified atom stereocenters. The number of hydrogen-bond donors (Lipinski definition) is 0. The van der Waals surface area contributed by atoms with Gasteiger partial charge in [0.15, 0.2) is 0 Å². The first kappa shape index (κ1) is 9.02. The zero-order chi connectivity index (χ0) is 7.82. The SMILES string of the molecule is C\C=C/C(C)=C\C=C\OC. The van der Waals surface area contributed by atoms with Crippen molar-refractivity contribution in [2.24, 2.45) is 0 Å². The van der Waals surface area contributed by atoms with Gasteiger partial charge in [0, 0.05) is 0 Å². The van der Waals surface area contributed by atoms with Gasteiger partial charge in [-0.15, -0.1) is 0 Å². The highest BCUT2D eigenvalue weighted by molar-refractivity contribution is 5.20. The molecule has 0 amide bonds. The second-order valence-electron chi connectivity index (χ2n) is 1.97. The maximum Gasteiger partial charge on any atom is 0.0824 e. The lowest BCUT2D eigenvalue weighted by atomic mass is 10.2. The summed E-state index contributed by atoms with van der Waals surface area (Å²) in [6, 6.07) is 0. The third-order valence-corrected chi connectivity index (χ3v) is 1.00. The molecule has 0 aromatic carbocycles. The van der Waals surface area contributed by atoms with Crippen LogP contribution in [0.25, 0.3) is 0 Å². The molecular formula is C9H14O. The summed E-state index contributed by atoms with van der Waals surface area (Å²) in [4.78, 5) is 0. The van der Waals surface area contributed by atoms with Crippen molar-refractivity contribution in [3.8, 4) is 0 Å². The first-order valence-electron chi connectivity index (χ1n) is 3.30. The normalized spacial score (nSPS) is 13.3. The Balaban J connectivity index is 3.79. The van der Waals surface area contributed by atoms with Gasteiger partial charge in [0.25, 0.3) is 0 Å². The minimum absolute atomic E-state index is 1.22. The van der Waals surface area contributed by atoms with E-state index in [0.717, 1.165) is 0 Å². The molecule has 0 N–H and O–H groups in total. The predicted molar refractivity (Wildman–Crippen MR) is 44.7 cm³/mol. The molecule has 0 aliphatic heterocycles. The number of ether oxygens (including phenoxy) is 1. The van der Waals surface area contributed by atoms with Crippen LogP contribution in [0.3, 0.4) is 0 Å². The molecule has 0 aliphatic carbocycles. The second-order valence-corrected chi connectivity index (χ2v) is 1.97. The lowest BCUT2D eigenvalue weighted by Gasteiger charge is -1.86. The molecule has 1 heteroatoms. The van der Waals surface area contributed by atoms with Crippen molar-refractivity contribution < 1.29 is 4.74 Å². The second kappa shape index (κ2) is 6.14. The molecule has 1 nitrogen and oxygen atoms in total. The van der Waals surface area contributed by atoms with Gasteiger partial charge in [-0.25, -0.2) is 0 Å². The van der Waals surface area contributed by atoms with Crippen molar-refractivity contribution in [2.75, 3.05) is 7.11 Å². The summed E-state index contributed by atoms with van der Waals surface area (Å²) in [5.41, 5.74) is 1.22. The first-order valence-corrected chi connectivity index (χ1v) is 3.30. The highest BCUT2D eigenvalue weighted by Gasteiger charge is 1.73. The Kier molecular flexibility index (Phi) is 5.54. The zero-order valence-electron chi connectivity index (χ0n) is 6.79. The van der Waals surface area contributed by atoms with Gasteiger partial charge < -0.3 is 4.74 Å². The van der Waals surface area contributed by atoms with Crippen molar-refractivity contribution in [1.82, 2.24) is 0 Å². The summed E-state index contributed by atoms with van der Waals surface area (Å²) in [5.74, 6) is 0. The Morgan fingerprint density at radius 3 is 2.60 bits per heavy atom. The third-order valence-electron chi connectivity index (χ3n) is 1.00. The quantitative estimate of drug-likeness (QED) is 0.430.